The highest BCUT2D eigenvalue weighted by Crippen LogP contribution is 2.42. The van der Waals surface area contributed by atoms with E-state index in [1.54, 1.807) is 11.2 Å². The zero-order chi connectivity index (χ0) is 19.1. The highest BCUT2D eigenvalue weighted by molar-refractivity contribution is 7.85. The van der Waals surface area contributed by atoms with Crippen LogP contribution in [0.2, 0.25) is 0 Å². The number of rotatable bonds is 3. The van der Waals surface area contributed by atoms with Gasteiger partial charge in [-0.3, -0.25) is 9.69 Å². The van der Waals surface area contributed by atoms with E-state index in [-0.39, 0.29) is 5.91 Å². The number of carbonyl (C=O) groups excluding carboxylic acids is 1. The summed E-state index contributed by atoms with van der Waals surface area (Å²) in [5.41, 5.74) is 3.31. The predicted molar refractivity (Wildman–Crippen MR) is 109 cm³/mol. The third kappa shape index (κ3) is 2.65. The summed E-state index contributed by atoms with van der Waals surface area (Å²) in [6.07, 6.45) is 2.08. The first-order chi connectivity index (χ1) is 13.7. The van der Waals surface area contributed by atoms with Crippen molar-refractivity contribution in [1.29, 1.82) is 0 Å². The molecular formula is C22H17N3O2S. The van der Waals surface area contributed by atoms with Crippen LogP contribution in [0.15, 0.2) is 88.9 Å². The van der Waals surface area contributed by atoms with Gasteiger partial charge in [-0.25, -0.2) is 9.19 Å². The van der Waals surface area contributed by atoms with E-state index >= 15 is 0 Å². The van der Waals surface area contributed by atoms with Crippen LogP contribution in [0.25, 0.3) is 11.0 Å². The lowest BCUT2D eigenvalue weighted by molar-refractivity contribution is -0.118. The maximum absolute atomic E-state index is 13.3. The van der Waals surface area contributed by atoms with Gasteiger partial charge in [-0.15, -0.1) is 0 Å². The molecule has 28 heavy (non-hydrogen) atoms. The van der Waals surface area contributed by atoms with E-state index in [0.29, 0.717) is 34.1 Å². The van der Waals surface area contributed by atoms with Crippen LogP contribution in [0.3, 0.4) is 0 Å². The van der Waals surface area contributed by atoms with Crippen LogP contribution in [0.4, 0.5) is 11.4 Å². The van der Waals surface area contributed by atoms with Crippen LogP contribution in [-0.2, 0) is 22.1 Å². The highest BCUT2D eigenvalue weighted by atomic mass is 32.2. The molecule has 5 nitrogen and oxygen atoms in total. The van der Waals surface area contributed by atoms with Crippen molar-refractivity contribution in [2.45, 2.75) is 22.8 Å². The maximum atomic E-state index is 13.3. The zero-order valence-corrected chi connectivity index (χ0v) is 15.8. The Bertz CT molecular complexity index is 1180. The van der Waals surface area contributed by atoms with Crippen LogP contribution in [0, 0.1) is 0 Å². The number of aromatic nitrogens is 2. The lowest BCUT2D eigenvalue weighted by atomic mass is 10.2. The van der Waals surface area contributed by atoms with Crippen LogP contribution < -0.4 is 4.90 Å². The van der Waals surface area contributed by atoms with Crippen molar-refractivity contribution < 1.29 is 9.00 Å². The van der Waals surface area contributed by atoms with Crippen molar-refractivity contribution in [2.24, 2.45) is 0 Å². The fourth-order valence-corrected chi connectivity index (χ4v) is 4.97. The molecule has 6 heteroatoms. The fourth-order valence-electron chi connectivity index (χ4n) is 3.63. The molecule has 1 aromatic heterocycles. The summed E-state index contributed by atoms with van der Waals surface area (Å²) in [4.78, 5) is 20.7. The van der Waals surface area contributed by atoms with Crippen molar-refractivity contribution >= 4 is 39.1 Å². The number of anilines is 2. The van der Waals surface area contributed by atoms with Crippen LogP contribution >= 0.6 is 0 Å². The van der Waals surface area contributed by atoms with Crippen molar-refractivity contribution in [3.63, 3.8) is 0 Å². The number of carbonyl (C=O) groups is 1. The number of nitrogens with zero attached hydrogens (tertiary/aromatic N) is 3. The summed E-state index contributed by atoms with van der Waals surface area (Å²) in [7, 11) is -1.29. The first-order valence-corrected chi connectivity index (χ1v) is 10.2. The minimum atomic E-state index is -1.29. The molecule has 4 aromatic rings. The van der Waals surface area contributed by atoms with E-state index in [9.17, 15) is 9.00 Å². The van der Waals surface area contributed by atoms with Crippen molar-refractivity contribution in [2.75, 3.05) is 4.90 Å². The Morgan fingerprint density at radius 2 is 1.46 bits per heavy atom. The lowest BCUT2D eigenvalue weighted by Crippen LogP contribution is -2.31. The third-order valence-electron chi connectivity index (χ3n) is 4.96. The van der Waals surface area contributed by atoms with Crippen LogP contribution in [-0.4, -0.2) is 19.7 Å². The van der Waals surface area contributed by atoms with Gasteiger partial charge >= 0.3 is 0 Å². The van der Waals surface area contributed by atoms with Gasteiger partial charge in [0, 0.05) is 13.0 Å². The molecule has 0 aliphatic carbocycles. The molecule has 0 bridgehead atoms. The minimum Gasteiger partial charge on any atom is -0.330 e. The van der Waals surface area contributed by atoms with Gasteiger partial charge in [-0.2, -0.15) is 0 Å². The Morgan fingerprint density at radius 1 is 0.857 bits per heavy atom. The standard InChI is InChI=1S/C22H17N3O2S/c26-22(13-14-24-15-23-16-7-1-2-8-17(16)24)25-18-9-3-5-11-20(18)28(27)21-12-6-4-10-19(21)25/h1-12,15H,13-14H2. The van der Waals surface area contributed by atoms with Gasteiger partial charge in [0.15, 0.2) is 0 Å². The first-order valence-electron chi connectivity index (χ1n) is 9.07. The van der Waals surface area contributed by atoms with Gasteiger partial charge in [0.05, 0.1) is 49.3 Å². The molecule has 1 aliphatic heterocycles. The number of benzene rings is 3. The first kappa shape index (κ1) is 16.9. The van der Waals surface area contributed by atoms with Gasteiger partial charge in [0.1, 0.15) is 0 Å². The second-order valence-corrected chi connectivity index (χ2v) is 8.03. The number of amides is 1. The minimum absolute atomic E-state index is 0.0330. The fraction of sp³-hybridized carbons (Fsp3) is 0.0909. The molecular weight excluding hydrogens is 370 g/mol. The summed E-state index contributed by atoms with van der Waals surface area (Å²) < 4.78 is 14.9. The molecule has 3 aromatic carbocycles. The van der Waals surface area contributed by atoms with E-state index in [1.165, 1.54) is 0 Å². The molecule has 0 spiro atoms. The molecule has 5 rings (SSSR count). The van der Waals surface area contributed by atoms with E-state index < -0.39 is 10.8 Å². The highest BCUT2D eigenvalue weighted by Gasteiger charge is 2.31. The number of imidazole rings is 1. The third-order valence-corrected chi connectivity index (χ3v) is 6.44. The predicted octanol–water partition coefficient (Wildman–Crippen LogP) is 4.27. The summed E-state index contributed by atoms with van der Waals surface area (Å²) in [6, 6.07) is 22.7. The molecule has 138 valence electrons. The molecule has 2 heterocycles. The molecule has 1 amide bonds. The van der Waals surface area contributed by atoms with Crippen molar-refractivity contribution in [3.8, 4) is 0 Å². The van der Waals surface area contributed by atoms with Gasteiger partial charge in [-0.1, -0.05) is 36.4 Å². The SMILES string of the molecule is O=C(CCn1cnc2ccccc21)N1c2ccccc2S(=O)c2ccccc21. The molecule has 1 aliphatic rings. The summed E-state index contributed by atoms with van der Waals surface area (Å²) in [5, 5.41) is 0. The normalized spacial score (nSPS) is 13.4. The number of fused-ring (bicyclic) bond motifs is 3. The average molecular weight is 387 g/mol. The quantitative estimate of drug-likeness (QED) is 0.527. The van der Waals surface area contributed by atoms with Crippen molar-refractivity contribution in [3.05, 3.63) is 79.1 Å². The summed E-state index contributed by atoms with van der Waals surface area (Å²) in [6.45, 7) is 0.531. The lowest BCUT2D eigenvalue weighted by Gasteiger charge is -2.31. The van der Waals surface area contributed by atoms with Crippen LogP contribution in [0.1, 0.15) is 6.42 Å². The Hall–Kier alpha value is -3.25. The number of para-hydroxylation sites is 4. The van der Waals surface area contributed by atoms with E-state index in [2.05, 4.69) is 4.98 Å². The Kier molecular flexibility index (Phi) is 4.06. The van der Waals surface area contributed by atoms with E-state index in [0.717, 1.165) is 11.0 Å². The Balaban J connectivity index is 1.49. The monoisotopic (exact) mass is 387 g/mol. The molecule has 0 fully saturated rings. The molecule has 0 unspecified atom stereocenters. The van der Waals surface area contributed by atoms with E-state index in [4.69, 9.17) is 0 Å². The number of aryl methyl sites for hydroxylation is 1. The smallest absolute Gasteiger partial charge is 0.233 e. The largest absolute Gasteiger partial charge is 0.330 e. The van der Waals surface area contributed by atoms with Gasteiger partial charge < -0.3 is 4.57 Å². The summed E-state index contributed by atoms with van der Waals surface area (Å²) >= 11 is 0. The number of hydrogen-bond acceptors (Lipinski definition) is 3. The maximum Gasteiger partial charge on any atom is 0.233 e. The molecule has 0 saturated carbocycles. The molecule has 0 atom stereocenters. The molecule has 0 N–H and O–H groups in total. The van der Waals surface area contributed by atoms with E-state index in [1.807, 2.05) is 77.4 Å². The molecule has 0 radical (unpaired) electrons. The van der Waals surface area contributed by atoms with Gasteiger partial charge in [-0.05, 0) is 36.4 Å². The van der Waals surface area contributed by atoms with Crippen molar-refractivity contribution in [1.82, 2.24) is 9.55 Å². The van der Waals surface area contributed by atoms with Crippen LogP contribution in [0.5, 0.6) is 0 Å². The Morgan fingerprint density at radius 3 is 2.18 bits per heavy atom. The average Bonchev–Trinajstić information content (AvgIpc) is 3.16. The Labute approximate surface area is 164 Å². The second kappa shape index (κ2) is 6.73. The molecule has 0 saturated heterocycles. The number of hydrogen-bond donors (Lipinski definition) is 0. The topological polar surface area (TPSA) is 55.2 Å². The second-order valence-electron chi connectivity index (χ2n) is 6.61. The van der Waals surface area contributed by atoms with Gasteiger partial charge in [0.2, 0.25) is 5.91 Å². The summed E-state index contributed by atoms with van der Waals surface area (Å²) in [5.74, 6) is -0.0330. The van der Waals surface area contributed by atoms with Gasteiger partial charge in [0.25, 0.3) is 0 Å². The zero-order valence-electron chi connectivity index (χ0n) is 15.0.